The number of para-hydroxylation sites is 1. The molecule has 7 nitrogen and oxygen atoms in total. The summed E-state index contributed by atoms with van der Waals surface area (Å²) in [5.41, 5.74) is 6.62. The average Bonchev–Trinajstić information content (AvgIpc) is 2.99. The van der Waals surface area contributed by atoms with Gasteiger partial charge in [0.25, 0.3) is 0 Å². The highest BCUT2D eigenvalue weighted by Gasteiger charge is 2.55. The quantitative estimate of drug-likeness (QED) is 0.841. The molecule has 3 heterocycles. The van der Waals surface area contributed by atoms with E-state index in [0.717, 1.165) is 11.3 Å². The van der Waals surface area contributed by atoms with E-state index in [2.05, 4.69) is 5.10 Å². The van der Waals surface area contributed by atoms with Crippen LogP contribution in [-0.2, 0) is 16.1 Å². The third kappa shape index (κ3) is 2.55. The Hall–Kier alpha value is -2.83. The van der Waals surface area contributed by atoms with Crippen LogP contribution in [0.2, 0.25) is 0 Å². The number of likely N-dealkylation sites (tertiary alicyclic amines) is 1. The van der Waals surface area contributed by atoms with Crippen molar-refractivity contribution in [3.8, 4) is 5.75 Å². The van der Waals surface area contributed by atoms with E-state index in [1.54, 1.807) is 9.58 Å². The van der Waals surface area contributed by atoms with Gasteiger partial charge in [-0.3, -0.25) is 14.3 Å². The topological polar surface area (TPSA) is 90.5 Å². The van der Waals surface area contributed by atoms with Crippen LogP contribution in [0.25, 0.3) is 0 Å². The number of aromatic nitrogens is 2. The third-order valence-electron chi connectivity index (χ3n) is 5.39. The SMILES string of the molecule is Cc1ccn(CCN2C(=O)C(C(N)=O)C3CC2(C)Oc2ccccc23)n1. The fourth-order valence-electron chi connectivity index (χ4n) is 4.17. The van der Waals surface area contributed by atoms with E-state index in [0.29, 0.717) is 25.3 Å². The van der Waals surface area contributed by atoms with Gasteiger partial charge >= 0.3 is 0 Å². The van der Waals surface area contributed by atoms with Crippen molar-refractivity contribution in [2.24, 2.45) is 11.7 Å². The second kappa shape index (κ2) is 5.86. The van der Waals surface area contributed by atoms with Gasteiger partial charge in [-0.2, -0.15) is 5.10 Å². The number of benzene rings is 1. The number of piperidine rings is 1. The number of amides is 2. The normalized spacial score (nSPS) is 27.0. The molecule has 2 bridgehead atoms. The molecule has 0 spiro atoms. The lowest BCUT2D eigenvalue weighted by Gasteiger charge is -2.52. The largest absolute Gasteiger partial charge is 0.468 e. The highest BCUT2D eigenvalue weighted by Crippen LogP contribution is 2.49. The van der Waals surface area contributed by atoms with Gasteiger partial charge < -0.3 is 15.4 Å². The molecule has 0 radical (unpaired) electrons. The minimum absolute atomic E-state index is 0.252. The Labute approximate surface area is 151 Å². The minimum Gasteiger partial charge on any atom is -0.468 e. The summed E-state index contributed by atoms with van der Waals surface area (Å²) in [5, 5.41) is 4.36. The molecule has 2 aromatic rings. The first kappa shape index (κ1) is 16.6. The van der Waals surface area contributed by atoms with Crippen LogP contribution in [0.4, 0.5) is 0 Å². The number of hydrogen-bond donors (Lipinski definition) is 1. The predicted molar refractivity (Wildman–Crippen MR) is 94.2 cm³/mol. The number of fused-ring (bicyclic) bond motifs is 4. The van der Waals surface area contributed by atoms with Crippen LogP contribution in [0.15, 0.2) is 36.5 Å². The van der Waals surface area contributed by atoms with Crippen LogP contribution < -0.4 is 10.5 Å². The van der Waals surface area contributed by atoms with Crippen LogP contribution in [0.1, 0.15) is 30.5 Å². The molecule has 3 atom stereocenters. The van der Waals surface area contributed by atoms with Crippen LogP contribution in [0.5, 0.6) is 5.75 Å². The Morgan fingerprint density at radius 3 is 2.81 bits per heavy atom. The van der Waals surface area contributed by atoms with Gasteiger partial charge in [-0.05, 0) is 31.5 Å². The molecule has 1 aromatic heterocycles. The number of nitrogens with two attached hydrogens (primary N) is 1. The summed E-state index contributed by atoms with van der Waals surface area (Å²) in [6.07, 6.45) is 2.42. The smallest absolute Gasteiger partial charge is 0.238 e. The summed E-state index contributed by atoms with van der Waals surface area (Å²) >= 11 is 0. The molecule has 4 rings (SSSR count). The van der Waals surface area contributed by atoms with E-state index in [1.807, 2.05) is 50.4 Å². The van der Waals surface area contributed by atoms with Gasteiger partial charge in [0.2, 0.25) is 11.8 Å². The molecule has 2 N–H and O–H groups in total. The zero-order valence-electron chi connectivity index (χ0n) is 14.9. The molecule has 2 amide bonds. The number of carbonyl (C=O) groups excluding carboxylic acids is 2. The monoisotopic (exact) mass is 354 g/mol. The molecule has 1 fully saturated rings. The lowest BCUT2D eigenvalue weighted by Crippen LogP contribution is -2.65. The molecule has 0 aliphatic carbocycles. The summed E-state index contributed by atoms with van der Waals surface area (Å²) in [4.78, 5) is 26.9. The lowest BCUT2D eigenvalue weighted by molar-refractivity contribution is -0.175. The Morgan fingerprint density at radius 2 is 2.12 bits per heavy atom. The molecule has 26 heavy (non-hydrogen) atoms. The second-order valence-electron chi connectivity index (χ2n) is 7.22. The molecule has 3 unspecified atom stereocenters. The zero-order chi connectivity index (χ0) is 18.5. The van der Waals surface area contributed by atoms with E-state index in [1.165, 1.54) is 0 Å². The van der Waals surface area contributed by atoms with E-state index in [-0.39, 0.29) is 11.8 Å². The van der Waals surface area contributed by atoms with Crippen LogP contribution in [-0.4, -0.2) is 38.8 Å². The van der Waals surface area contributed by atoms with E-state index >= 15 is 0 Å². The average molecular weight is 354 g/mol. The minimum atomic E-state index is -0.868. The number of ether oxygens (including phenoxy) is 1. The molecule has 136 valence electrons. The first-order chi connectivity index (χ1) is 12.4. The highest BCUT2D eigenvalue weighted by atomic mass is 16.5. The van der Waals surface area contributed by atoms with Crippen molar-refractivity contribution in [1.82, 2.24) is 14.7 Å². The van der Waals surface area contributed by atoms with Crippen LogP contribution in [0, 0.1) is 12.8 Å². The number of aryl methyl sites for hydroxylation is 1. The second-order valence-corrected chi connectivity index (χ2v) is 7.22. The van der Waals surface area contributed by atoms with Gasteiger partial charge in [-0.25, -0.2) is 0 Å². The standard InChI is InChI=1S/C19H22N4O3/c1-12-7-8-22(21-12)9-10-23-18(25)16(17(20)24)14-11-19(23,2)26-15-6-4-3-5-13(14)15/h3-8,14,16H,9-11H2,1-2H3,(H2,20,24). The number of nitrogens with zero attached hydrogens (tertiary/aromatic N) is 3. The van der Waals surface area contributed by atoms with Crippen molar-refractivity contribution in [2.75, 3.05) is 6.54 Å². The Kier molecular flexibility index (Phi) is 3.75. The number of primary amides is 1. The summed E-state index contributed by atoms with van der Waals surface area (Å²) in [6.45, 7) is 4.74. The van der Waals surface area contributed by atoms with Gasteiger partial charge in [0.15, 0.2) is 5.72 Å². The van der Waals surface area contributed by atoms with Gasteiger partial charge in [0.1, 0.15) is 11.7 Å². The molecule has 2 aliphatic heterocycles. The summed E-state index contributed by atoms with van der Waals surface area (Å²) in [6, 6.07) is 9.48. The maximum atomic E-state index is 13.1. The van der Waals surface area contributed by atoms with Crippen molar-refractivity contribution in [3.63, 3.8) is 0 Å². The summed E-state index contributed by atoms with van der Waals surface area (Å²) in [7, 11) is 0. The number of rotatable bonds is 4. The van der Waals surface area contributed by atoms with Gasteiger partial charge in [0, 0.05) is 25.1 Å². The summed E-state index contributed by atoms with van der Waals surface area (Å²) in [5.74, 6) is -1.26. The maximum Gasteiger partial charge on any atom is 0.238 e. The molecule has 2 aliphatic rings. The van der Waals surface area contributed by atoms with Crippen molar-refractivity contribution in [3.05, 3.63) is 47.8 Å². The highest BCUT2D eigenvalue weighted by molar-refractivity contribution is 6.01. The molecular formula is C19H22N4O3. The van der Waals surface area contributed by atoms with Gasteiger partial charge in [0.05, 0.1) is 12.2 Å². The Balaban J connectivity index is 1.69. The third-order valence-corrected chi connectivity index (χ3v) is 5.39. The zero-order valence-corrected chi connectivity index (χ0v) is 14.9. The molecule has 0 saturated carbocycles. The van der Waals surface area contributed by atoms with Crippen LogP contribution >= 0.6 is 0 Å². The first-order valence-electron chi connectivity index (χ1n) is 8.78. The maximum absolute atomic E-state index is 13.1. The van der Waals surface area contributed by atoms with E-state index in [4.69, 9.17) is 10.5 Å². The summed E-state index contributed by atoms with van der Waals surface area (Å²) < 4.78 is 8.00. The number of carbonyl (C=O) groups is 2. The Morgan fingerprint density at radius 1 is 1.35 bits per heavy atom. The molecule has 1 aromatic carbocycles. The molecule has 1 saturated heterocycles. The fraction of sp³-hybridized carbons (Fsp3) is 0.421. The van der Waals surface area contributed by atoms with Crippen molar-refractivity contribution in [2.45, 2.75) is 38.5 Å². The van der Waals surface area contributed by atoms with Crippen molar-refractivity contribution < 1.29 is 14.3 Å². The Bertz CT molecular complexity index is 877. The first-order valence-corrected chi connectivity index (χ1v) is 8.78. The lowest BCUT2D eigenvalue weighted by atomic mass is 9.73. The number of hydrogen-bond acceptors (Lipinski definition) is 4. The van der Waals surface area contributed by atoms with Crippen molar-refractivity contribution >= 4 is 11.8 Å². The van der Waals surface area contributed by atoms with Gasteiger partial charge in [-0.15, -0.1) is 0 Å². The van der Waals surface area contributed by atoms with Crippen molar-refractivity contribution in [1.29, 1.82) is 0 Å². The predicted octanol–water partition coefficient (Wildman–Crippen LogP) is 1.42. The van der Waals surface area contributed by atoms with E-state index in [9.17, 15) is 9.59 Å². The van der Waals surface area contributed by atoms with Crippen LogP contribution in [0.3, 0.4) is 0 Å². The molecular weight excluding hydrogens is 332 g/mol. The van der Waals surface area contributed by atoms with Gasteiger partial charge in [-0.1, -0.05) is 18.2 Å². The van der Waals surface area contributed by atoms with E-state index < -0.39 is 17.6 Å². The fourth-order valence-corrected chi connectivity index (χ4v) is 4.17. The molecule has 7 heteroatoms.